The lowest BCUT2D eigenvalue weighted by Gasteiger charge is -2.20. The molecule has 0 bridgehead atoms. The van der Waals surface area contributed by atoms with Gasteiger partial charge in [-0.25, -0.2) is 4.39 Å². The number of hydrogen-bond acceptors (Lipinski definition) is 1. The Kier molecular flexibility index (Phi) is 3.76. The molecule has 1 aromatic heterocycles. The first kappa shape index (κ1) is 13.8. The topological polar surface area (TPSA) is 30.9 Å². The predicted molar refractivity (Wildman–Crippen MR) is 84.9 cm³/mol. The van der Waals surface area contributed by atoms with Gasteiger partial charge in [-0.15, -0.1) is 0 Å². The molecule has 0 fully saturated rings. The number of aromatic nitrogens is 1. The van der Waals surface area contributed by atoms with Crippen molar-refractivity contribution in [1.82, 2.24) is 4.57 Å². The van der Waals surface area contributed by atoms with Crippen molar-refractivity contribution in [3.63, 3.8) is 0 Å². The molecule has 1 unspecified atom stereocenters. The van der Waals surface area contributed by atoms with E-state index in [2.05, 4.69) is 12.1 Å². The number of hydrogen-bond donors (Lipinski definition) is 1. The SMILES string of the molecule is Cc1cn(C(CCN)c2ccccc2)c2c(F)cccc12. The van der Waals surface area contributed by atoms with E-state index in [-0.39, 0.29) is 11.9 Å². The van der Waals surface area contributed by atoms with Crippen LogP contribution in [0.4, 0.5) is 4.39 Å². The summed E-state index contributed by atoms with van der Waals surface area (Å²) in [6, 6.07) is 15.5. The lowest BCUT2D eigenvalue weighted by atomic mass is 10.0. The molecule has 21 heavy (non-hydrogen) atoms. The average Bonchev–Trinajstić information content (AvgIpc) is 2.84. The molecule has 0 radical (unpaired) electrons. The highest BCUT2D eigenvalue weighted by Crippen LogP contribution is 2.31. The third-order valence-electron chi connectivity index (χ3n) is 3.96. The lowest BCUT2D eigenvalue weighted by Crippen LogP contribution is -2.15. The second kappa shape index (κ2) is 5.70. The molecule has 3 heteroatoms. The van der Waals surface area contributed by atoms with Gasteiger partial charge in [-0.1, -0.05) is 42.5 Å². The summed E-state index contributed by atoms with van der Waals surface area (Å²) in [5.74, 6) is -0.182. The van der Waals surface area contributed by atoms with Gasteiger partial charge < -0.3 is 10.3 Å². The lowest BCUT2D eigenvalue weighted by molar-refractivity contribution is 0.549. The van der Waals surface area contributed by atoms with Crippen molar-refractivity contribution in [2.24, 2.45) is 5.73 Å². The largest absolute Gasteiger partial charge is 0.337 e. The number of para-hydroxylation sites is 1. The number of halogens is 1. The van der Waals surface area contributed by atoms with Gasteiger partial charge in [0.15, 0.2) is 0 Å². The summed E-state index contributed by atoms with van der Waals surface area (Å²) in [6.45, 7) is 2.58. The molecule has 0 saturated carbocycles. The van der Waals surface area contributed by atoms with Crippen LogP contribution in [-0.2, 0) is 0 Å². The van der Waals surface area contributed by atoms with Gasteiger partial charge in [-0.2, -0.15) is 0 Å². The van der Waals surface area contributed by atoms with Crippen LogP contribution in [0.5, 0.6) is 0 Å². The third-order valence-corrected chi connectivity index (χ3v) is 3.96. The Morgan fingerprint density at radius 2 is 1.86 bits per heavy atom. The quantitative estimate of drug-likeness (QED) is 0.769. The molecule has 0 saturated heterocycles. The van der Waals surface area contributed by atoms with Gasteiger partial charge in [0.25, 0.3) is 0 Å². The number of fused-ring (bicyclic) bond motifs is 1. The van der Waals surface area contributed by atoms with Crippen LogP contribution in [0.15, 0.2) is 54.7 Å². The predicted octanol–water partition coefficient (Wildman–Crippen LogP) is 4.03. The van der Waals surface area contributed by atoms with Crippen LogP contribution in [0.2, 0.25) is 0 Å². The van der Waals surface area contributed by atoms with Crippen molar-refractivity contribution >= 4 is 10.9 Å². The normalized spacial score (nSPS) is 12.7. The molecule has 0 aliphatic heterocycles. The van der Waals surface area contributed by atoms with Crippen LogP contribution in [0.25, 0.3) is 10.9 Å². The van der Waals surface area contributed by atoms with E-state index in [1.54, 1.807) is 6.07 Å². The number of rotatable bonds is 4. The van der Waals surface area contributed by atoms with Crippen molar-refractivity contribution in [2.75, 3.05) is 6.54 Å². The Morgan fingerprint density at radius 3 is 2.57 bits per heavy atom. The molecule has 2 N–H and O–H groups in total. The zero-order valence-corrected chi connectivity index (χ0v) is 12.1. The molecule has 1 heterocycles. The maximum atomic E-state index is 14.3. The fourth-order valence-electron chi connectivity index (χ4n) is 2.98. The Labute approximate surface area is 124 Å². The number of nitrogens with zero attached hydrogens (tertiary/aromatic N) is 1. The Morgan fingerprint density at radius 1 is 1.10 bits per heavy atom. The molecule has 1 atom stereocenters. The molecule has 3 aromatic rings. The number of benzene rings is 2. The van der Waals surface area contributed by atoms with Crippen LogP contribution < -0.4 is 5.73 Å². The van der Waals surface area contributed by atoms with E-state index in [1.165, 1.54) is 6.07 Å². The van der Waals surface area contributed by atoms with Gasteiger partial charge in [0.1, 0.15) is 5.82 Å². The van der Waals surface area contributed by atoms with Crippen LogP contribution >= 0.6 is 0 Å². The number of aryl methyl sites for hydroxylation is 1. The van der Waals surface area contributed by atoms with Crippen LogP contribution in [0.1, 0.15) is 23.6 Å². The zero-order valence-electron chi connectivity index (χ0n) is 12.1. The smallest absolute Gasteiger partial charge is 0.147 e. The summed E-state index contributed by atoms with van der Waals surface area (Å²) in [5, 5.41) is 0.966. The molecule has 0 aliphatic rings. The fraction of sp³-hybridized carbons (Fsp3) is 0.222. The van der Waals surface area contributed by atoms with Gasteiger partial charge in [0.05, 0.1) is 11.6 Å². The van der Waals surface area contributed by atoms with Gasteiger partial charge in [-0.05, 0) is 37.1 Å². The zero-order chi connectivity index (χ0) is 14.8. The van der Waals surface area contributed by atoms with E-state index >= 15 is 0 Å². The molecule has 108 valence electrons. The van der Waals surface area contributed by atoms with E-state index in [9.17, 15) is 4.39 Å². The fourth-order valence-corrected chi connectivity index (χ4v) is 2.98. The second-order valence-corrected chi connectivity index (χ2v) is 5.36. The summed E-state index contributed by atoms with van der Waals surface area (Å²) in [4.78, 5) is 0. The van der Waals surface area contributed by atoms with E-state index in [1.807, 2.05) is 42.0 Å². The van der Waals surface area contributed by atoms with Crippen molar-refractivity contribution in [3.05, 3.63) is 71.7 Å². The third kappa shape index (κ3) is 2.45. The first-order chi connectivity index (χ1) is 10.2. The second-order valence-electron chi connectivity index (χ2n) is 5.36. The summed E-state index contributed by atoms with van der Waals surface area (Å²) in [7, 11) is 0. The van der Waals surface area contributed by atoms with Crippen LogP contribution in [0.3, 0.4) is 0 Å². The summed E-state index contributed by atoms with van der Waals surface area (Å²) in [5.41, 5.74) is 8.69. The van der Waals surface area contributed by atoms with Gasteiger partial charge >= 0.3 is 0 Å². The van der Waals surface area contributed by atoms with E-state index in [4.69, 9.17) is 5.73 Å². The maximum absolute atomic E-state index is 14.3. The van der Waals surface area contributed by atoms with E-state index in [0.29, 0.717) is 12.1 Å². The Bertz CT molecular complexity index is 747. The molecule has 0 spiro atoms. The standard InChI is InChI=1S/C18H19FN2/c1-13-12-21(18-15(13)8-5-9-16(18)19)17(10-11-20)14-6-3-2-4-7-14/h2-9,12,17H,10-11,20H2,1H3. The highest BCUT2D eigenvalue weighted by Gasteiger charge is 2.18. The molecular formula is C18H19FN2. The minimum atomic E-state index is -0.182. The molecule has 2 nitrogen and oxygen atoms in total. The summed E-state index contributed by atoms with van der Waals surface area (Å²) < 4.78 is 16.4. The first-order valence-corrected chi connectivity index (χ1v) is 7.23. The average molecular weight is 282 g/mol. The van der Waals surface area contributed by atoms with E-state index < -0.39 is 0 Å². The highest BCUT2D eigenvalue weighted by molar-refractivity contribution is 5.84. The first-order valence-electron chi connectivity index (χ1n) is 7.23. The summed E-state index contributed by atoms with van der Waals surface area (Å²) in [6.07, 6.45) is 2.81. The monoisotopic (exact) mass is 282 g/mol. The van der Waals surface area contributed by atoms with Gasteiger partial charge in [0.2, 0.25) is 0 Å². The van der Waals surface area contributed by atoms with Crippen molar-refractivity contribution in [3.8, 4) is 0 Å². The van der Waals surface area contributed by atoms with Gasteiger partial charge in [0, 0.05) is 11.6 Å². The minimum Gasteiger partial charge on any atom is -0.337 e. The Hall–Kier alpha value is -2.13. The van der Waals surface area contributed by atoms with Crippen molar-refractivity contribution in [2.45, 2.75) is 19.4 Å². The maximum Gasteiger partial charge on any atom is 0.147 e. The molecule has 0 amide bonds. The van der Waals surface area contributed by atoms with Crippen molar-refractivity contribution < 1.29 is 4.39 Å². The highest BCUT2D eigenvalue weighted by atomic mass is 19.1. The summed E-state index contributed by atoms with van der Waals surface area (Å²) >= 11 is 0. The van der Waals surface area contributed by atoms with Crippen molar-refractivity contribution in [1.29, 1.82) is 0 Å². The number of nitrogens with two attached hydrogens (primary N) is 1. The molecule has 0 aliphatic carbocycles. The molecule has 2 aromatic carbocycles. The molecular weight excluding hydrogens is 263 g/mol. The Balaban J connectivity index is 2.21. The van der Waals surface area contributed by atoms with Crippen LogP contribution in [-0.4, -0.2) is 11.1 Å². The van der Waals surface area contributed by atoms with E-state index in [0.717, 1.165) is 22.9 Å². The molecule has 3 rings (SSSR count). The van der Waals surface area contributed by atoms with Gasteiger partial charge in [-0.3, -0.25) is 0 Å². The minimum absolute atomic E-state index is 0.0595. The van der Waals surface area contributed by atoms with Crippen LogP contribution in [0, 0.1) is 12.7 Å².